The van der Waals surface area contributed by atoms with Crippen LogP contribution in [-0.2, 0) is 9.53 Å². The number of anilines is 1. The summed E-state index contributed by atoms with van der Waals surface area (Å²) in [7, 11) is 1.25. The van der Waals surface area contributed by atoms with E-state index in [-0.39, 0.29) is 17.1 Å². The molecule has 0 unspecified atom stereocenters. The van der Waals surface area contributed by atoms with Crippen LogP contribution in [0.5, 0.6) is 11.5 Å². The minimum Gasteiger partial charge on any atom is -0.493 e. The Morgan fingerprint density at radius 2 is 1.89 bits per heavy atom. The van der Waals surface area contributed by atoms with Crippen LogP contribution in [0.15, 0.2) is 40.9 Å². The number of carbonyl (C=O) groups excluding carboxylic acids is 2. The highest BCUT2D eigenvalue weighted by molar-refractivity contribution is 9.10. The van der Waals surface area contributed by atoms with Crippen molar-refractivity contribution in [2.45, 2.75) is 13.5 Å². The summed E-state index contributed by atoms with van der Waals surface area (Å²) in [6.07, 6.45) is 0. The molecule has 2 aromatic carbocycles. The van der Waals surface area contributed by atoms with Crippen LogP contribution in [0.4, 0.5) is 14.5 Å². The molecule has 0 aliphatic rings. The summed E-state index contributed by atoms with van der Waals surface area (Å²) in [6, 6.07) is 8.84. The number of esters is 1. The molecule has 0 aliphatic carbocycles. The SMILES string of the molecule is COc1cc(C(=O)OCC(=O)Nc2ccc(C)c(Br)c2)ccc1OC(F)F. The lowest BCUT2D eigenvalue weighted by molar-refractivity contribution is -0.119. The van der Waals surface area contributed by atoms with Crippen LogP contribution in [-0.4, -0.2) is 32.2 Å². The summed E-state index contributed by atoms with van der Waals surface area (Å²) in [5.41, 5.74) is 1.58. The number of hydrogen-bond acceptors (Lipinski definition) is 5. The molecule has 0 aromatic heterocycles. The molecular formula is C18H16BrF2NO5. The van der Waals surface area contributed by atoms with Gasteiger partial charge in [0.15, 0.2) is 18.1 Å². The Morgan fingerprint density at radius 3 is 2.52 bits per heavy atom. The van der Waals surface area contributed by atoms with E-state index < -0.39 is 25.1 Å². The van der Waals surface area contributed by atoms with Crippen molar-refractivity contribution in [3.63, 3.8) is 0 Å². The third-order valence-electron chi connectivity index (χ3n) is 3.41. The smallest absolute Gasteiger partial charge is 0.387 e. The van der Waals surface area contributed by atoms with E-state index in [1.54, 1.807) is 12.1 Å². The largest absolute Gasteiger partial charge is 0.493 e. The predicted octanol–water partition coefficient (Wildman–Crippen LogP) is 4.16. The first-order chi connectivity index (χ1) is 12.8. The Labute approximate surface area is 162 Å². The van der Waals surface area contributed by atoms with Crippen molar-refractivity contribution in [2.24, 2.45) is 0 Å². The normalized spacial score (nSPS) is 10.4. The molecule has 2 aromatic rings. The first-order valence-electron chi connectivity index (χ1n) is 7.66. The third-order valence-corrected chi connectivity index (χ3v) is 4.26. The van der Waals surface area contributed by atoms with E-state index in [4.69, 9.17) is 9.47 Å². The van der Waals surface area contributed by atoms with Crippen molar-refractivity contribution < 1.29 is 32.6 Å². The van der Waals surface area contributed by atoms with E-state index in [1.165, 1.54) is 19.2 Å². The zero-order chi connectivity index (χ0) is 20.0. The number of methoxy groups -OCH3 is 1. The minimum atomic E-state index is -3.03. The Morgan fingerprint density at radius 1 is 1.15 bits per heavy atom. The molecule has 0 saturated heterocycles. The fraction of sp³-hybridized carbons (Fsp3) is 0.222. The molecule has 6 nitrogen and oxygen atoms in total. The molecule has 0 radical (unpaired) electrons. The summed E-state index contributed by atoms with van der Waals surface area (Å²) < 4.78 is 39.6. The zero-order valence-electron chi connectivity index (χ0n) is 14.4. The summed E-state index contributed by atoms with van der Waals surface area (Å²) in [5.74, 6) is -1.61. The lowest BCUT2D eigenvalue weighted by atomic mass is 10.2. The molecule has 144 valence electrons. The molecule has 0 heterocycles. The molecule has 0 fully saturated rings. The molecule has 0 bridgehead atoms. The maximum atomic E-state index is 12.3. The van der Waals surface area contributed by atoms with Gasteiger partial charge in [-0.15, -0.1) is 0 Å². The molecule has 1 N–H and O–H groups in total. The van der Waals surface area contributed by atoms with Crippen LogP contribution < -0.4 is 14.8 Å². The van der Waals surface area contributed by atoms with E-state index in [0.29, 0.717) is 5.69 Å². The number of aryl methyl sites for hydroxylation is 1. The third kappa shape index (κ3) is 5.92. The fourth-order valence-corrected chi connectivity index (χ4v) is 2.45. The van der Waals surface area contributed by atoms with Crippen LogP contribution in [0.25, 0.3) is 0 Å². The minimum absolute atomic E-state index is 0.0272. The van der Waals surface area contributed by atoms with Crippen molar-refractivity contribution in [3.8, 4) is 11.5 Å². The van der Waals surface area contributed by atoms with Crippen LogP contribution in [0.1, 0.15) is 15.9 Å². The van der Waals surface area contributed by atoms with E-state index in [2.05, 4.69) is 26.0 Å². The number of ether oxygens (including phenoxy) is 3. The lowest BCUT2D eigenvalue weighted by Gasteiger charge is -2.11. The van der Waals surface area contributed by atoms with Gasteiger partial charge < -0.3 is 19.5 Å². The summed E-state index contributed by atoms with van der Waals surface area (Å²) in [4.78, 5) is 24.0. The second-order valence-electron chi connectivity index (χ2n) is 5.33. The Kier molecular flexibility index (Phi) is 7.12. The number of halogens is 3. The quantitative estimate of drug-likeness (QED) is 0.650. The highest BCUT2D eigenvalue weighted by Crippen LogP contribution is 2.29. The van der Waals surface area contributed by atoms with Gasteiger partial charge in [-0.25, -0.2) is 4.79 Å². The first kappa shape index (κ1) is 20.6. The van der Waals surface area contributed by atoms with Crippen molar-refractivity contribution >= 4 is 33.5 Å². The van der Waals surface area contributed by atoms with E-state index in [0.717, 1.165) is 16.1 Å². The van der Waals surface area contributed by atoms with Crippen molar-refractivity contribution in [1.29, 1.82) is 0 Å². The van der Waals surface area contributed by atoms with Gasteiger partial charge >= 0.3 is 12.6 Å². The van der Waals surface area contributed by atoms with Gasteiger partial charge in [0, 0.05) is 10.2 Å². The molecule has 0 saturated carbocycles. The molecule has 27 heavy (non-hydrogen) atoms. The van der Waals surface area contributed by atoms with Gasteiger partial charge in [0.05, 0.1) is 12.7 Å². The van der Waals surface area contributed by atoms with Gasteiger partial charge in [-0.05, 0) is 42.8 Å². The Hall–Kier alpha value is -2.68. The molecule has 2 rings (SSSR count). The first-order valence-corrected chi connectivity index (χ1v) is 8.45. The van der Waals surface area contributed by atoms with Crippen LogP contribution >= 0.6 is 15.9 Å². The highest BCUT2D eigenvalue weighted by Gasteiger charge is 2.16. The number of alkyl halides is 2. The summed E-state index contributed by atoms with van der Waals surface area (Å²) in [6.45, 7) is -1.63. The molecule has 9 heteroatoms. The van der Waals surface area contributed by atoms with Crippen LogP contribution in [0, 0.1) is 6.92 Å². The number of carbonyl (C=O) groups is 2. The van der Waals surface area contributed by atoms with E-state index in [1.807, 2.05) is 13.0 Å². The molecule has 0 spiro atoms. The monoisotopic (exact) mass is 443 g/mol. The van der Waals surface area contributed by atoms with Gasteiger partial charge in [-0.1, -0.05) is 22.0 Å². The fourth-order valence-electron chi connectivity index (χ4n) is 2.07. The average Bonchev–Trinajstić information content (AvgIpc) is 2.62. The number of nitrogens with one attached hydrogen (secondary N) is 1. The number of benzene rings is 2. The van der Waals surface area contributed by atoms with Crippen LogP contribution in [0.3, 0.4) is 0 Å². The van der Waals surface area contributed by atoms with Gasteiger partial charge in [0.25, 0.3) is 5.91 Å². The van der Waals surface area contributed by atoms with Crippen molar-refractivity contribution in [3.05, 3.63) is 52.0 Å². The number of hydrogen-bond donors (Lipinski definition) is 1. The molecular weight excluding hydrogens is 428 g/mol. The zero-order valence-corrected chi connectivity index (χ0v) is 16.0. The topological polar surface area (TPSA) is 73.9 Å². The second-order valence-corrected chi connectivity index (χ2v) is 6.19. The Bertz CT molecular complexity index is 844. The molecule has 1 amide bonds. The maximum Gasteiger partial charge on any atom is 0.387 e. The number of rotatable bonds is 7. The van der Waals surface area contributed by atoms with Crippen molar-refractivity contribution in [1.82, 2.24) is 0 Å². The summed E-state index contributed by atoms with van der Waals surface area (Å²) >= 11 is 3.36. The second kappa shape index (κ2) is 9.31. The van der Waals surface area contributed by atoms with E-state index in [9.17, 15) is 18.4 Å². The van der Waals surface area contributed by atoms with Gasteiger partial charge in [0.1, 0.15) is 0 Å². The van der Waals surface area contributed by atoms with E-state index >= 15 is 0 Å². The highest BCUT2D eigenvalue weighted by atomic mass is 79.9. The Balaban J connectivity index is 1.96. The predicted molar refractivity (Wildman–Crippen MR) is 97.4 cm³/mol. The van der Waals surface area contributed by atoms with Crippen LogP contribution in [0.2, 0.25) is 0 Å². The maximum absolute atomic E-state index is 12.3. The van der Waals surface area contributed by atoms with Crippen molar-refractivity contribution in [2.75, 3.05) is 19.0 Å². The van der Waals surface area contributed by atoms with Gasteiger partial charge in [0.2, 0.25) is 0 Å². The van der Waals surface area contributed by atoms with Gasteiger partial charge in [-0.3, -0.25) is 4.79 Å². The van der Waals surface area contributed by atoms with Gasteiger partial charge in [-0.2, -0.15) is 8.78 Å². The average molecular weight is 444 g/mol. The summed E-state index contributed by atoms with van der Waals surface area (Å²) in [5, 5.41) is 2.60. The standard InChI is InChI=1S/C18H16BrF2NO5/c1-10-3-5-12(8-13(10)19)22-16(23)9-26-17(24)11-4-6-14(27-18(20)21)15(7-11)25-2/h3-8,18H,9H2,1-2H3,(H,22,23). The number of amides is 1. The molecule has 0 atom stereocenters. The lowest BCUT2D eigenvalue weighted by Crippen LogP contribution is -2.21. The molecule has 0 aliphatic heterocycles.